The van der Waals surface area contributed by atoms with Gasteiger partial charge in [-0.25, -0.2) is 4.79 Å². The van der Waals surface area contributed by atoms with Crippen LogP contribution in [0.15, 0.2) is 30.3 Å². The Morgan fingerprint density at radius 1 is 1.24 bits per heavy atom. The highest BCUT2D eigenvalue weighted by Crippen LogP contribution is 2.36. The van der Waals surface area contributed by atoms with Gasteiger partial charge in [-0.2, -0.15) is 18.3 Å². The molecule has 1 aromatic carbocycles. The molecule has 2 heterocycles. The van der Waals surface area contributed by atoms with Gasteiger partial charge in [-0.05, 0) is 69.7 Å². The van der Waals surface area contributed by atoms with Gasteiger partial charge in [0.25, 0.3) is 0 Å². The number of carbonyl (C=O) groups is 1. The van der Waals surface area contributed by atoms with Crippen molar-refractivity contribution in [2.24, 2.45) is 0 Å². The van der Waals surface area contributed by atoms with Crippen molar-refractivity contribution in [2.45, 2.75) is 76.2 Å². The van der Waals surface area contributed by atoms with E-state index in [0.29, 0.717) is 24.1 Å². The maximum absolute atomic E-state index is 10.6. The molecule has 1 saturated heterocycles. The number of aryl methyl sites for hydroxylation is 1. The van der Waals surface area contributed by atoms with E-state index in [-0.39, 0.29) is 0 Å². The van der Waals surface area contributed by atoms with E-state index in [0.717, 1.165) is 30.3 Å². The second-order valence-corrected chi connectivity index (χ2v) is 9.55. The average molecular weight is 502 g/mol. The lowest BCUT2D eigenvalue weighted by Crippen LogP contribution is -2.54. The summed E-state index contributed by atoms with van der Waals surface area (Å²) in [4.78, 5) is 11.6. The Bertz CT molecular complexity index is 928. The topological polar surface area (TPSA) is 78.5 Å². The number of morpholine rings is 1. The minimum Gasteiger partial charge on any atom is -0.475 e. The molecule has 2 N–H and O–H groups in total. The van der Waals surface area contributed by atoms with Crippen LogP contribution in [0.1, 0.15) is 55.5 Å². The van der Waals surface area contributed by atoms with Crippen LogP contribution in [0, 0.1) is 6.92 Å². The number of hydrogen-bond acceptors (Lipinski definition) is 4. The molecular weight excluding hydrogens is 471 g/mol. The number of aromatic amines is 1. The quantitative estimate of drug-likeness (QED) is 0.589. The molecular formula is C24H31ClF3N3O3. The highest BCUT2D eigenvalue weighted by atomic mass is 35.5. The molecule has 34 heavy (non-hydrogen) atoms. The van der Waals surface area contributed by atoms with Crippen molar-refractivity contribution in [3.8, 4) is 0 Å². The standard InChI is InChI=1S/C22H30ClN3O.C2HF3O2/c1-15-11-22(25-24-15)18-5-9-20(10-6-18)26-13-16(2)27-14-21(26)12-17-3-7-19(23)8-4-17;3-2(4,5)1(6)7/h3-4,7-8,11,16,18,20-21H,5-6,9-10,12-14H2,1-2H3,(H,24,25);(H,6,7)/t16-,18?,20?,21-;/m0./s1. The number of nitrogens with one attached hydrogen (secondary N) is 1. The molecule has 1 aliphatic heterocycles. The maximum atomic E-state index is 10.6. The van der Waals surface area contributed by atoms with Gasteiger partial charge >= 0.3 is 12.1 Å². The minimum atomic E-state index is -5.08. The van der Waals surface area contributed by atoms with Crippen molar-refractivity contribution in [3.63, 3.8) is 0 Å². The summed E-state index contributed by atoms with van der Waals surface area (Å²) in [5.74, 6) is -2.15. The van der Waals surface area contributed by atoms with Gasteiger partial charge in [0.1, 0.15) is 0 Å². The molecule has 1 saturated carbocycles. The third kappa shape index (κ3) is 7.45. The zero-order valence-corrected chi connectivity index (χ0v) is 20.1. The summed E-state index contributed by atoms with van der Waals surface area (Å²) >= 11 is 6.05. The Labute approximate surface area is 202 Å². The normalized spacial score (nSPS) is 25.9. The summed E-state index contributed by atoms with van der Waals surface area (Å²) in [5.41, 5.74) is 3.75. The smallest absolute Gasteiger partial charge is 0.475 e. The van der Waals surface area contributed by atoms with E-state index in [9.17, 15) is 13.2 Å². The number of H-pyrrole nitrogens is 1. The van der Waals surface area contributed by atoms with Crippen LogP contribution in [-0.4, -0.2) is 63.7 Å². The number of aromatic nitrogens is 2. The lowest BCUT2D eigenvalue weighted by atomic mass is 9.82. The van der Waals surface area contributed by atoms with E-state index >= 15 is 0 Å². The largest absolute Gasteiger partial charge is 0.490 e. The molecule has 1 aromatic heterocycles. The molecule has 10 heteroatoms. The predicted octanol–water partition coefficient (Wildman–Crippen LogP) is 5.36. The van der Waals surface area contributed by atoms with E-state index in [4.69, 9.17) is 26.2 Å². The molecule has 0 radical (unpaired) electrons. The third-order valence-corrected chi connectivity index (χ3v) is 6.70. The fourth-order valence-corrected chi connectivity index (χ4v) is 4.86. The molecule has 0 unspecified atom stereocenters. The first kappa shape index (κ1) is 26.5. The summed E-state index contributed by atoms with van der Waals surface area (Å²) in [7, 11) is 0. The maximum Gasteiger partial charge on any atom is 0.490 e. The van der Waals surface area contributed by atoms with Gasteiger partial charge in [0.2, 0.25) is 0 Å². The molecule has 6 nitrogen and oxygen atoms in total. The van der Waals surface area contributed by atoms with E-state index in [2.05, 4.69) is 47.1 Å². The van der Waals surface area contributed by atoms with Gasteiger partial charge in [-0.15, -0.1) is 0 Å². The molecule has 0 spiro atoms. The molecule has 4 rings (SSSR count). The predicted molar refractivity (Wildman–Crippen MR) is 123 cm³/mol. The number of rotatable bonds is 4. The second-order valence-electron chi connectivity index (χ2n) is 9.11. The Kier molecular flexibility index (Phi) is 9.01. The monoisotopic (exact) mass is 501 g/mol. The Balaban J connectivity index is 0.000000406. The first-order chi connectivity index (χ1) is 16.0. The van der Waals surface area contributed by atoms with E-state index in [1.54, 1.807) is 0 Å². The summed E-state index contributed by atoms with van der Waals surface area (Å²) < 4.78 is 37.8. The van der Waals surface area contributed by atoms with E-state index < -0.39 is 12.1 Å². The van der Waals surface area contributed by atoms with Crippen LogP contribution < -0.4 is 0 Å². The molecule has 0 amide bonds. The van der Waals surface area contributed by atoms with Crippen LogP contribution in [0.4, 0.5) is 13.2 Å². The summed E-state index contributed by atoms with van der Waals surface area (Å²) in [6, 6.07) is 11.6. The second kappa shape index (κ2) is 11.6. The van der Waals surface area contributed by atoms with Crippen LogP contribution in [0.25, 0.3) is 0 Å². The Morgan fingerprint density at radius 3 is 2.38 bits per heavy atom. The molecule has 2 fully saturated rings. The third-order valence-electron chi connectivity index (χ3n) is 6.45. The van der Waals surface area contributed by atoms with E-state index in [1.807, 2.05) is 12.1 Å². The SMILES string of the molecule is Cc1cc(C2CCC(N3C[C@H](C)OC[C@@H]3Cc3ccc(Cl)cc3)CC2)n[nH]1.O=C(O)C(F)(F)F. The van der Waals surface area contributed by atoms with Crippen LogP contribution in [0.2, 0.25) is 5.02 Å². The lowest BCUT2D eigenvalue weighted by Gasteiger charge is -2.45. The molecule has 1 aliphatic carbocycles. The van der Waals surface area contributed by atoms with Crippen LogP contribution in [0.3, 0.4) is 0 Å². The van der Waals surface area contributed by atoms with Gasteiger partial charge in [0.05, 0.1) is 18.4 Å². The zero-order valence-electron chi connectivity index (χ0n) is 19.3. The number of ether oxygens (including phenoxy) is 1. The zero-order chi connectivity index (χ0) is 24.9. The van der Waals surface area contributed by atoms with Crippen LogP contribution >= 0.6 is 11.6 Å². The van der Waals surface area contributed by atoms with Crippen molar-refractivity contribution < 1.29 is 27.8 Å². The lowest BCUT2D eigenvalue weighted by molar-refractivity contribution is -0.192. The Hall–Kier alpha value is -2.10. The molecule has 2 aliphatic rings. The summed E-state index contributed by atoms with van der Waals surface area (Å²) in [5, 5.41) is 15.5. The fraction of sp³-hybridized carbons (Fsp3) is 0.583. The van der Waals surface area contributed by atoms with Gasteiger partial charge in [0.15, 0.2) is 0 Å². The highest BCUT2D eigenvalue weighted by molar-refractivity contribution is 6.30. The van der Waals surface area contributed by atoms with Gasteiger partial charge in [-0.3, -0.25) is 10.00 Å². The van der Waals surface area contributed by atoms with Crippen molar-refractivity contribution in [1.29, 1.82) is 0 Å². The number of benzene rings is 1. The molecule has 2 aromatic rings. The van der Waals surface area contributed by atoms with Gasteiger partial charge in [0, 0.05) is 35.3 Å². The highest BCUT2D eigenvalue weighted by Gasteiger charge is 2.38. The van der Waals surface area contributed by atoms with Crippen molar-refractivity contribution in [2.75, 3.05) is 13.2 Å². The van der Waals surface area contributed by atoms with E-state index in [1.165, 1.54) is 36.9 Å². The van der Waals surface area contributed by atoms with Crippen LogP contribution in [-0.2, 0) is 16.0 Å². The number of carboxylic acid groups (broad SMARTS) is 1. The van der Waals surface area contributed by atoms with Crippen molar-refractivity contribution in [3.05, 3.63) is 52.3 Å². The fourth-order valence-electron chi connectivity index (χ4n) is 4.74. The van der Waals surface area contributed by atoms with Crippen LogP contribution in [0.5, 0.6) is 0 Å². The average Bonchev–Trinajstić information content (AvgIpc) is 3.23. The van der Waals surface area contributed by atoms with Gasteiger partial charge in [-0.1, -0.05) is 23.7 Å². The number of alkyl halides is 3. The van der Waals surface area contributed by atoms with Crippen molar-refractivity contribution in [1.82, 2.24) is 15.1 Å². The molecule has 0 bridgehead atoms. The van der Waals surface area contributed by atoms with Gasteiger partial charge < -0.3 is 9.84 Å². The van der Waals surface area contributed by atoms with Crippen molar-refractivity contribution >= 4 is 17.6 Å². The minimum absolute atomic E-state index is 0.318. The molecule has 188 valence electrons. The molecule has 2 atom stereocenters. The number of carboxylic acids is 1. The first-order valence-electron chi connectivity index (χ1n) is 11.5. The number of aliphatic carboxylic acids is 1. The number of hydrogen-bond donors (Lipinski definition) is 2. The number of nitrogens with zero attached hydrogens (tertiary/aromatic N) is 2. The summed E-state index contributed by atoms with van der Waals surface area (Å²) in [6.45, 7) is 6.14. The Morgan fingerprint density at radius 2 is 1.85 bits per heavy atom. The summed E-state index contributed by atoms with van der Waals surface area (Å²) in [6.07, 6.45) is 1.23. The first-order valence-corrected chi connectivity index (χ1v) is 11.8. The number of halogens is 4.